The van der Waals surface area contributed by atoms with Crippen molar-refractivity contribution in [1.82, 2.24) is 9.58 Å². The number of aryl methyl sites for hydroxylation is 1. The van der Waals surface area contributed by atoms with Gasteiger partial charge in [0.05, 0.1) is 24.6 Å². The van der Waals surface area contributed by atoms with E-state index >= 15 is 0 Å². The van der Waals surface area contributed by atoms with Crippen LogP contribution in [0.2, 0.25) is 0 Å². The van der Waals surface area contributed by atoms with Crippen molar-refractivity contribution in [2.75, 3.05) is 12.9 Å². The Balaban J connectivity index is 1.25. The van der Waals surface area contributed by atoms with Gasteiger partial charge in [0.15, 0.2) is 0 Å². The largest absolute Gasteiger partial charge is 0.497 e. The highest BCUT2D eigenvalue weighted by Crippen LogP contribution is 2.36. The van der Waals surface area contributed by atoms with E-state index in [2.05, 4.69) is 54.1 Å². The van der Waals surface area contributed by atoms with Gasteiger partial charge in [-0.25, -0.2) is 9.40 Å². The average molecular weight is 564 g/mol. The Morgan fingerprint density at radius 1 is 1.00 bits per heavy atom. The molecule has 1 amide bonds. The Bertz CT molecular complexity index is 1730. The molecule has 0 spiro atoms. The molecule has 41 heavy (non-hydrogen) atoms. The maximum atomic E-state index is 13.8. The van der Waals surface area contributed by atoms with Crippen LogP contribution in [0.5, 0.6) is 5.75 Å². The number of para-hydroxylation sites is 1. The maximum absolute atomic E-state index is 13.8. The summed E-state index contributed by atoms with van der Waals surface area (Å²) in [6.07, 6.45) is 2.69. The number of benzene rings is 4. The predicted molar refractivity (Wildman–Crippen MR) is 163 cm³/mol. The molecule has 0 bridgehead atoms. The molecular formula is C34H30FN3O2S. The minimum absolute atomic E-state index is 0.0500. The summed E-state index contributed by atoms with van der Waals surface area (Å²) in [6, 6.07) is 30.7. The van der Waals surface area contributed by atoms with Crippen LogP contribution in [-0.4, -0.2) is 34.1 Å². The van der Waals surface area contributed by atoms with E-state index in [4.69, 9.17) is 9.84 Å². The molecule has 6 rings (SSSR count). The van der Waals surface area contributed by atoms with Gasteiger partial charge in [0, 0.05) is 35.0 Å². The van der Waals surface area contributed by atoms with Crippen LogP contribution in [0.15, 0.2) is 113 Å². The second kappa shape index (κ2) is 11.6. The van der Waals surface area contributed by atoms with Crippen molar-refractivity contribution in [2.45, 2.75) is 30.8 Å². The first-order chi connectivity index (χ1) is 20.0. The summed E-state index contributed by atoms with van der Waals surface area (Å²) in [6.45, 7) is 2.60. The van der Waals surface area contributed by atoms with Crippen molar-refractivity contribution in [3.8, 4) is 5.75 Å². The summed E-state index contributed by atoms with van der Waals surface area (Å²) in [5.74, 6) is 0.729. The van der Waals surface area contributed by atoms with Crippen LogP contribution >= 0.6 is 11.8 Å². The first-order valence-electron chi connectivity index (χ1n) is 13.5. The van der Waals surface area contributed by atoms with E-state index in [9.17, 15) is 9.18 Å². The van der Waals surface area contributed by atoms with Crippen LogP contribution in [-0.2, 0) is 11.3 Å². The van der Waals surface area contributed by atoms with Crippen molar-refractivity contribution in [2.24, 2.45) is 5.10 Å². The van der Waals surface area contributed by atoms with Gasteiger partial charge in [0.2, 0.25) is 0 Å². The van der Waals surface area contributed by atoms with Crippen LogP contribution in [0, 0.1) is 12.7 Å². The van der Waals surface area contributed by atoms with E-state index in [0.717, 1.165) is 43.9 Å². The molecule has 0 fully saturated rings. The number of hydrogen-bond donors (Lipinski definition) is 0. The maximum Gasteiger partial charge on any atom is 0.253 e. The zero-order valence-corrected chi connectivity index (χ0v) is 23.8. The molecule has 206 valence electrons. The fourth-order valence-electron chi connectivity index (χ4n) is 5.24. The number of nitrogens with zero attached hydrogens (tertiary/aromatic N) is 3. The Kier molecular flexibility index (Phi) is 7.61. The number of fused-ring (bicyclic) bond motifs is 1. The molecule has 4 aromatic carbocycles. The normalized spacial score (nSPS) is 14.9. The Labute approximate surface area is 243 Å². The van der Waals surface area contributed by atoms with Gasteiger partial charge < -0.3 is 9.30 Å². The molecule has 0 radical (unpaired) electrons. The Morgan fingerprint density at radius 3 is 2.54 bits per heavy atom. The molecule has 1 unspecified atom stereocenters. The number of methoxy groups -OCH3 is 1. The standard InChI is InChI=1S/C34H30FN3O2S/c1-23-10-12-26(13-11-23)32-19-30(25-14-16-28(40-2)17-15-25)36-38(32)34(39)22-41-33-21-37(31-9-4-3-8-29(31)33)20-24-6-5-7-27(35)18-24/h3-18,21,32H,19-20,22H2,1-2H3. The molecule has 0 N–H and O–H groups in total. The molecule has 1 atom stereocenters. The van der Waals surface area contributed by atoms with E-state index in [1.54, 1.807) is 24.3 Å². The molecule has 5 aromatic rings. The molecule has 1 aliphatic rings. The van der Waals surface area contributed by atoms with Gasteiger partial charge >= 0.3 is 0 Å². The van der Waals surface area contributed by atoms with Gasteiger partial charge in [-0.2, -0.15) is 5.10 Å². The topological polar surface area (TPSA) is 46.8 Å². The number of hydrazone groups is 1. The second-order valence-corrected chi connectivity index (χ2v) is 11.2. The summed E-state index contributed by atoms with van der Waals surface area (Å²) in [4.78, 5) is 14.8. The number of ether oxygens (including phenoxy) is 1. The molecule has 0 saturated carbocycles. The highest BCUT2D eigenvalue weighted by Gasteiger charge is 2.33. The number of halogens is 1. The molecule has 0 aliphatic carbocycles. The van der Waals surface area contributed by atoms with E-state index in [0.29, 0.717) is 13.0 Å². The Hall–Kier alpha value is -4.36. The molecule has 2 heterocycles. The zero-order valence-electron chi connectivity index (χ0n) is 23.0. The SMILES string of the molecule is COc1ccc(C2=NN(C(=O)CSc3cn(Cc4cccc(F)c4)c4ccccc34)C(c3ccc(C)cc3)C2)cc1. The molecule has 1 aliphatic heterocycles. The summed E-state index contributed by atoms with van der Waals surface area (Å²) < 4.78 is 21.2. The predicted octanol–water partition coefficient (Wildman–Crippen LogP) is 7.62. The van der Waals surface area contributed by atoms with E-state index in [-0.39, 0.29) is 23.5 Å². The summed E-state index contributed by atoms with van der Waals surface area (Å²) in [5.41, 5.74) is 6.02. The summed E-state index contributed by atoms with van der Waals surface area (Å²) >= 11 is 1.51. The van der Waals surface area contributed by atoms with Crippen molar-refractivity contribution in [3.05, 3.63) is 131 Å². The van der Waals surface area contributed by atoms with Crippen LogP contribution in [0.4, 0.5) is 4.39 Å². The lowest BCUT2D eigenvalue weighted by molar-refractivity contribution is -0.130. The fourth-order valence-corrected chi connectivity index (χ4v) is 6.18. The highest BCUT2D eigenvalue weighted by atomic mass is 32.2. The second-order valence-electron chi connectivity index (χ2n) is 10.2. The van der Waals surface area contributed by atoms with Gasteiger partial charge in [0.1, 0.15) is 11.6 Å². The van der Waals surface area contributed by atoms with Crippen molar-refractivity contribution < 1.29 is 13.9 Å². The quantitative estimate of drug-likeness (QED) is 0.183. The highest BCUT2D eigenvalue weighted by molar-refractivity contribution is 8.00. The molecule has 1 aromatic heterocycles. The molecular weight excluding hydrogens is 533 g/mol. The van der Waals surface area contributed by atoms with Crippen LogP contribution in [0.3, 0.4) is 0 Å². The third-order valence-electron chi connectivity index (χ3n) is 7.40. The van der Waals surface area contributed by atoms with Gasteiger partial charge in [0.25, 0.3) is 5.91 Å². The monoisotopic (exact) mass is 563 g/mol. The summed E-state index contributed by atoms with van der Waals surface area (Å²) in [5, 5.41) is 7.57. The smallest absolute Gasteiger partial charge is 0.253 e. The minimum Gasteiger partial charge on any atom is -0.497 e. The Morgan fingerprint density at radius 2 is 1.78 bits per heavy atom. The average Bonchev–Trinajstić information content (AvgIpc) is 3.59. The third-order valence-corrected chi connectivity index (χ3v) is 8.42. The summed E-state index contributed by atoms with van der Waals surface area (Å²) in [7, 11) is 1.65. The first kappa shape index (κ1) is 26.8. The van der Waals surface area contributed by atoms with Crippen LogP contribution < -0.4 is 4.74 Å². The lowest BCUT2D eigenvalue weighted by Gasteiger charge is -2.22. The van der Waals surface area contributed by atoms with E-state index in [1.165, 1.54) is 23.4 Å². The number of hydrogen-bond acceptors (Lipinski definition) is 4. The number of amides is 1. The number of rotatable bonds is 8. The van der Waals surface area contributed by atoms with Gasteiger partial charge in [-0.1, -0.05) is 60.2 Å². The van der Waals surface area contributed by atoms with Crippen LogP contribution in [0.1, 0.15) is 34.7 Å². The van der Waals surface area contributed by atoms with Gasteiger partial charge in [-0.05, 0) is 66.1 Å². The zero-order chi connectivity index (χ0) is 28.3. The first-order valence-corrected chi connectivity index (χ1v) is 14.5. The van der Waals surface area contributed by atoms with Crippen molar-refractivity contribution in [1.29, 1.82) is 0 Å². The van der Waals surface area contributed by atoms with Crippen molar-refractivity contribution in [3.63, 3.8) is 0 Å². The third kappa shape index (κ3) is 5.77. The number of carbonyl (C=O) groups excluding carboxylic acids is 1. The van der Waals surface area contributed by atoms with Gasteiger partial charge in [-0.15, -0.1) is 11.8 Å². The molecule has 0 saturated heterocycles. The van der Waals surface area contributed by atoms with Crippen molar-refractivity contribution >= 4 is 34.3 Å². The van der Waals surface area contributed by atoms with E-state index < -0.39 is 0 Å². The lowest BCUT2D eigenvalue weighted by atomic mass is 9.97. The lowest BCUT2D eigenvalue weighted by Crippen LogP contribution is -2.28. The number of carbonyl (C=O) groups is 1. The van der Waals surface area contributed by atoms with Gasteiger partial charge in [-0.3, -0.25) is 4.79 Å². The number of aromatic nitrogens is 1. The van der Waals surface area contributed by atoms with Crippen LogP contribution in [0.25, 0.3) is 10.9 Å². The molecule has 7 heteroatoms. The number of thioether (sulfide) groups is 1. The molecule has 5 nitrogen and oxygen atoms in total. The minimum atomic E-state index is -0.248. The van der Waals surface area contributed by atoms with E-state index in [1.807, 2.05) is 42.5 Å². The fraction of sp³-hybridized carbons (Fsp3) is 0.176.